The van der Waals surface area contributed by atoms with Gasteiger partial charge in [0.1, 0.15) is 11.3 Å². The highest BCUT2D eigenvalue weighted by molar-refractivity contribution is 6.31. The first-order valence-corrected chi connectivity index (χ1v) is 10.8. The lowest BCUT2D eigenvalue weighted by Gasteiger charge is -2.29. The molecule has 1 spiro atoms. The lowest BCUT2D eigenvalue weighted by Crippen LogP contribution is -2.53. The van der Waals surface area contributed by atoms with Gasteiger partial charge in [0.25, 0.3) is 0 Å². The number of carbonyl (C=O) groups excluding carboxylic acids is 4. The molecule has 0 unspecified atom stereocenters. The lowest BCUT2D eigenvalue weighted by atomic mass is 9.76. The van der Waals surface area contributed by atoms with Crippen molar-refractivity contribution in [2.45, 2.75) is 24.5 Å². The number of para-hydroxylation sites is 1. The number of anilines is 1. The molecule has 3 heterocycles. The molecule has 0 bridgehead atoms. The largest absolute Gasteiger partial charge is 0.496 e. The SMILES string of the molecule is COc1ccccc1CN1C(=O)[C@H]2[C@H](CC(N)=O)N[C@@]3(C(=O)Nc4ccc(Cl)cc43)[C@@H]2C1=O. The Labute approximate surface area is 194 Å². The number of rotatable bonds is 5. The highest BCUT2D eigenvalue weighted by Crippen LogP contribution is 2.54. The van der Waals surface area contributed by atoms with E-state index in [2.05, 4.69) is 10.6 Å². The topological polar surface area (TPSA) is 131 Å². The van der Waals surface area contributed by atoms with Crippen molar-refractivity contribution in [2.24, 2.45) is 17.6 Å². The number of nitrogens with two attached hydrogens (primary N) is 1. The van der Waals surface area contributed by atoms with Gasteiger partial charge in [0.15, 0.2) is 0 Å². The minimum atomic E-state index is -1.53. The number of carbonyl (C=O) groups is 4. The van der Waals surface area contributed by atoms with Gasteiger partial charge in [-0.05, 0) is 24.3 Å². The maximum absolute atomic E-state index is 13.7. The number of halogens is 1. The monoisotopic (exact) mass is 468 g/mol. The van der Waals surface area contributed by atoms with Crippen LogP contribution < -0.4 is 21.1 Å². The van der Waals surface area contributed by atoms with Crippen LogP contribution in [0.25, 0.3) is 0 Å². The summed E-state index contributed by atoms with van der Waals surface area (Å²) in [5, 5.41) is 6.30. The molecule has 3 aliphatic rings. The third kappa shape index (κ3) is 3.03. The predicted octanol–water partition coefficient (Wildman–Crippen LogP) is 1.14. The van der Waals surface area contributed by atoms with Crippen LogP contribution >= 0.6 is 11.6 Å². The number of hydrogen-bond donors (Lipinski definition) is 3. The molecule has 5 rings (SSSR count). The van der Waals surface area contributed by atoms with Gasteiger partial charge in [-0.2, -0.15) is 0 Å². The summed E-state index contributed by atoms with van der Waals surface area (Å²) in [6.45, 7) is -0.0158. The van der Waals surface area contributed by atoms with Crippen LogP contribution in [0.1, 0.15) is 17.5 Å². The molecule has 33 heavy (non-hydrogen) atoms. The number of hydrogen-bond acceptors (Lipinski definition) is 6. The van der Waals surface area contributed by atoms with Gasteiger partial charge in [0, 0.05) is 34.3 Å². The van der Waals surface area contributed by atoms with Crippen molar-refractivity contribution in [3.8, 4) is 5.75 Å². The second-order valence-electron chi connectivity index (χ2n) is 8.45. The highest BCUT2D eigenvalue weighted by Gasteiger charge is 2.70. The average molecular weight is 469 g/mol. The molecule has 10 heteroatoms. The number of primary amides is 1. The molecule has 0 aromatic heterocycles. The van der Waals surface area contributed by atoms with Gasteiger partial charge in [0.2, 0.25) is 23.6 Å². The van der Waals surface area contributed by atoms with Crippen LogP contribution in [-0.4, -0.2) is 41.7 Å². The zero-order chi connectivity index (χ0) is 23.5. The van der Waals surface area contributed by atoms with Crippen molar-refractivity contribution in [3.63, 3.8) is 0 Å². The van der Waals surface area contributed by atoms with Crippen molar-refractivity contribution >= 4 is 40.9 Å². The van der Waals surface area contributed by atoms with E-state index in [0.29, 0.717) is 27.6 Å². The van der Waals surface area contributed by atoms with Crippen LogP contribution in [0.15, 0.2) is 42.5 Å². The molecular weight excluding hydrogens is 448 g/mol. The first kappa shape index (κ1) is 21.4. The maximum Gasteiger partial charge on any atom is 0.250 e. The fourth-order valence-corrected chi connectivity index (χ4v) is 5.56. The van der Waals surface area contributed by atoms with E-state index in [1.165, 1.54) is 7.11 Å². The van der Waals surface area contributed by atoms with Crippen molar-refractivity contribution in [2.75, 3.05) is 12.4 Å². The van der Waals surface area contributed by atoms with Crippen LogP contribution in [0, 0.1) is 11.8 Å². The van der Waals surface area contributed by atoms with Crippen molar-refractivity contribution in [1.82, 2.24) is 10.2 Å². The Morgan fingerprint density at radius 1 is 1.18 bits per heavy atom. The smallest absolute Gasteiger partial charge is 0.250 e. The van der Waals surface area contributed by atoms with Crippen LogP contribution in [0.5, 0.6) is 5.75 Å². The molecule has 2 saturated heterocycles. The van der Waals surface area contributed by atoms with E-state index in [1.807, 2.05) is 0 Å². The van der Waals surface area contributed by atoms with Crippen LogP contribution in [0.4, 0.5) is 5.69 Å². The Balaban J connectivity index is 1.61. The standard InChI is InChI=1S/C23H21ClN4O5/c1-33-16-5-3-2-4-11(16)10-28-20(30)18-15(9-17(25)29)27-23(19(18)21(28)31)13-8-12(24)6-7-14(13)26-22(23)32/h2-8,15,18-19,27H,9-10H2,1H3,(H2,25,29)(H,26,32)/t15-,18-,19-,23+/m0/s1. The first-order chi connectivity index (χ1) is 15.8. The molecule has 0 aliphatic carbocycles. The molecule has 3 aliphatic heterocycles. The number of likely N-dealkylation sites (tertiary alicyclic amines) is 1. The molecule has 0 saturated carbocycles. The summed E-state index contributed by atoms with van der Waals surface area (Å²) in [7, 11) is 1.51. The Morgan fingerprint density at radius 3 is 2.67 bits per heavy atom. The predicted molar refractivity (Wildman–Crippen MR) is 118 cm³/mol. The number of benzene rings is 2. The second kappa shape index (κ2) is 7.57. The molecule has 170 valence electrons. The molecule has 0 radical (unpaired) electrons. The highest BCUT2D eigenvalue weighted by atomic mass is 35.5. The van der Waals surface area contributed by atoms with Crippen molar-refractivity contribution in [3.05, 3.63) is 58.6 Å². The summed E-state index contributed by atoms with van der Waals surface area (Å²) in [6.07, 6.45) is -0.201. The zero-order valence-corrected chi connectivity index (χ0v) is 18.4. The van der Waals surface area contributed by atoms with E-state index < -0.39 is 47.0 Å². The van der Waals surface area contributed by atoms with Crippen molar-refractivity contribution < 1.29 is 23.9 Å². The summed E-state index contributed by atoms with van der Waals surface area (Å²) in [6, 6.07) is 11.2. The Morgan fingerprint density at radius 2 is 1.94 bits per heavy atom. The number of nitrogens with one attached hydrogen (secondary N) is 2. The zero-order valence-electron chi connectivity index (χ0n) is 17.6. The normalized spacial score (nSPS) is 27.6. The van der Waals surface area contributed by atoms with E-state index in [9.17, 15) is 19.2 Å². The molecule has 4 N–H and O–H groups in total. The molecule has 2 fully saturated rings. The summed E-state index contributed by atoms with van der Waals surface area (Å²) >= 11 is 6.21. The van der Waals surface area contributed by atoms with E-state index in [4.69, 9.17) is 22.1 Å². The summed E-state index contributed by atoms with van der Waals surface area (Å²) in [5.41, 5.74) is 5.53. The molecule has 2 aromatic rings. The van der Waals surface area contributed by atoms with Gasteiger partial charge >= 0.3 is 0 Å². The first-order valence-electron chi connectivity index (χ1n) is 10.4. The lowest BCUT2D eigenvalue weighted by molar-refractivity contribution is -0.143. The van der Waals surface area contributed by atoms with Gasteiger partial charge in [-0.1, -0.05) is 29.8 Å². The van der Waals surface area contributed by atoms with Crippen LogP contribution in [0.2, 0.25) is 5.02 Å². The van der Waals surface area contributed by atoms with Gasteiger partial charge in [0.05, 0.1) is 25.5 Å². The van der Waals surface area contributed by atoms with E-state index in [0.717, 1.165) is 4.90 Å². The Kier molecular flexibility index (Phi) is 4.91. The fraction of sp³-hybridized carbons (Fsp3) is 0.304. The van der Waals surface area contributed by atoms with E-state index >= 15 is 0 Å². The third-order valence-corrected chi connectivity index (χ3v) is 6.95. The number of imide groups is 1. The van der Waals surface area contributed by atoms with Gasteiger partial charge < -0.3 is 15.8 Å². The number of methoxy groups -OCH3 is 1. The average Bonchev–Trinajstić information content (AvgIpc) is 3.34. The Bertz CT molecular complexity index is 1220. The number of amides is 4. The summed E-state index contributed by atoms with van der Waals surface area (Å²) < 4.78 is 5.36. The van der Waals surface area contributed by atoms with Gasteiger partial charge in [-0.25, -0.2) is 0 Å². The quantitative estimate of drug-likeness (QED) is 0.564. The maximum atomic E-state index is 13.7. The molecular formula is C23H21ClN4O5. The fourth-order valence-electron chi connectivity index (χ4n) is 5.39. The summed E-state index contributed by atoms with van der Waals surface area (Å²) in [5.74, 6) is -3.53. The minimum absolute atomic E-state index is 0.0158. The molecule has 4 atom stereocenters. The number of nitrogens with zero attached hydrogens (tertiary/aromatic N) is 1. The molecule has 9 nitrogen and oxygen atoms in total. The minimum Gasteiger partial charge on any atom is -0.496 e. The summed E-state index contributed by atoms with van der Waals surface area (Å²) in [4.78, 5) is 53.5. The Hall–Kier alpha value is -3.43. The van der Waals surface area contributed by atoms with Crippen molar-refractivity contribution in [1.29, 1.82) is 0 Å². The van der Waals surface area contributed by atoms with Crippen LogP contribution in [-0.2, 0) is 31.3 Å². The second-order valence-corrected chi connectivity index (χ2v) is 8.89. The molecule has 2 aromatic carbocycles. The van der Waals surface area contributed by atoms with Gasteiger partial charge in [-0.3, -0.25) is 29.4 Å². The number of fused-ring (bicyclic) bond motifs is 4. The third-order valence-electron chi connectivity index (χ3n) is 6.71. The van der Waals surface area contributed by atoms with Crippen LogP contribution in [0.3, 0.4) is 0 Å². The van der Waals surface area contributed by atoms with E-state index in [1.54, 1.807) is 42.5 Å². The van der Waals surface area contributed by atoms with E-state index in [-0.39, 0.29) is 13.0 Å². The molecule has 4 amide bonds. The number of ether oxygens (including phenoxy) is 1. The van der Waals surface area contributed by atoms with Gasteiger partial charge in [-0.15, -0.1) is 0 Å².